The van der Waals surface area contributed by atoms with Gasteiger partial charge in [-0.15, -0.1) is 22.0 Å². The van der Waals surface area contributed by atoms with Gasteiger partial charge in [0, 0.05) is 27.8 Å². The molecule has 0 bridgehead atoms. The molecule has 0 radical (unpaired) electrons. The molecule has 0 saturated carbocycles. The third kappa shape index (κ3) is 4.83. The van der Waals surface area contributed by atoms with Gasteiger partial charge in [0.25, 0.3) is 0 Å². The van der Waals surface area contributed by atoms with E-state index in [-0.39, 0.29) is 0 Å². The normalized spacial score (nSPS) is 15.2. The number of hydrogen-bond donors (Lipinski definition) is 0. The van der Waals surface area contributed by atoms with Gasteiger partial charge < -0.3 is 9.47 Å². The minimum Gasteiger partial charge on any atom is -0.497 e. The van der Waals surface area contributed by atoms with Gasteiger partial charge in [-0.25, -0.2) is 0 Å². The third-order valence-corrected chi connectivity index (χ3v) is 7.99. The van der Waals surface area contributed by atoms with Crippen molar-refractivity contribution in [3.8, 4) is 28.6 Å². The highest BCUT2D eigenvalue weighted by molar-refractivity contribution is 8.16. The van der Waals surface area contributed by atoms with Crippen LogP contribution in [0.2, 0.25) is 0 Å². The van der Waals surface area contributed by atoms with Gasteiger partial charge in [0.2, 0.25) is 0 Å². The topological polar surface area (TPSA) is 61.5 Å². The fourth-order valence-corrected chi connectivity index (χ4v) is 5.89. The Morgan fingerprint density at radius 2 is 1.50 bits per heavy atom. The summed E-state index contributed by atoms with van der Waals surface area (Å²) in [6.45, 7) is 0.795. The van der Waals surface area contributed by atoms with Gasteiger partial charge in [0.15, 0.2) is 11.0 Å². The van der Waals surface area contributed by atoms with Gasteiger partial charge >= 0.3 is 0 Å². The predicted molar refractivity (Wildman–Crippen MR) is 140 cm³/mol. The molecule has 1 aliphatic heterocycles. The number of benzene rings is 3. The average molecular weight is 489 g/mol. The monoisotopic (exact) mass is 488 g/mol. The van der Waals surface area contributed by atoms with Crippen molar-refractivity contribution in [1.82, 2.24) is 14.8 Å². The van der Waals surface area contributed by atoms with E-state index in [2.05, 4.69) is 39.0 Å². The molecular formula is C26H24N4O2S2. The molecule has 1 aliphatic rings. The first-order chi connectivity index (χ1) is 16.7. The third-order valence-electron chi connectivity index (χ3n) is 5.45. The Morgan fingerprint density at radius 1 is 0.853 bits per heavy atom. The largest absolute Gasteiger partial charge is 0.497 e. The standard InChI is InChI=1S/C26H24N4O2S2/c1-31-21-12-8-18(9-13-21)24-28-29-26(30(24)20-6-4-3-5-7-20)33-17-23-16-27-25(34-23)19-10-14-22(32-2)15-11-19/h3-15,23H,16-17H2,1-2H3/t23-/m0/s1. The molecule has 3 aromatic carbocycles. The smallest absolute Gasteiger partial charge is 0.196 e. The number of thioether (sulfide) groups is 2. The quantitative estimate of drug-likeness (QED) is 0.301. The van der Waals surface area contributed by atoms with Crippen LogP contribution in [-0.4, -0.2) is 51.6 Å². The van der Waals surface area contributed by atoms with Crippen LogP contribution in [0.3, 0.4) is 0 Å². The molecule has 0 unspecified atom stereocenters. The number of aliphatic imine (C=N–C) groups is 1. The highest BCUT2D eigenvalue weighted by Crippen LogP contribution is 2.33. The van der Waals surface area contributed by atoms with Gasteiger partial charge in [0.05, 0.1) is 25.8 Å². The highest BCUT2D eigenvalue weighted by atomic mass is 32.2. The number of nitrogens with zero attached hydrogens (tertiary/aromatic N) is 4. The number of methoxy groups -OCH3 is 2. The summed E-state index contributed by atoms with van der Waals surface area (Å²) in [5.74, 6) is 3.37. The lowest BCUT2D eigenvalue weighted by atomic mass is 10.2. The summed E-state index contributed by atoms with van der Waals surface area (Å²) in [5, 5.41) is 11.4. The molecule has 6 nitrogen and oxygen atoms in total. The molecule has 0 amide bonds. The molecule has 0 aliphatic carbocycles. The van der Waals surface area contributed by atoms with Crippen molar-refractivity contribution in [3.05, 3.63) is 84.4 Å². The fraction of sp³-hybridized carbons (Fsp3) is 0.192. The van der Waals surface area contributed by atoms with E-state index < -0.39 is 0 Å². The Kier molecular flexibility index (Phi) is 6.87. The summed E-state index contributed by atoms with van der Waals surface area (Å²) < 4.78 is 12.7. The molecule has 5 rings (SSSR count). The summed E-state index contributed by atoms with van der Waals surface area (Å²) in [6, 6.07) is 26.2. The maximum absolute atomic E-state index is 5.31. The zero-order valence-electron chi connectivity index (χ0n) is 18.9. The van der Waals surface area contributed by atoms with Crippen molar-refractivity contribution >= 4 is 28.6 Å². The van der Waals surface area contributed by atoms with Crippen molar-refractivity contribution in [2.75, 3.05) is 26.5 Å². The summed E-state index contributed by atoms with van der Waals surface area (Å²) in [5.41, 5.74) is 3.16. The van der Waals surface area contributed by atoms with Gasteiger partial charge in [-0.05, 0) is 60.7 Å². The van der Waals surface area contributed by atoms with Gasteiger partial charge in [-0.1, -0.05) is 30.0 Å². The van der Waals surface area contributed by atoms with Crippen LogP contribution in [0.15, 0.2) is 89.0 Å². The van der Waals surface area contributed by atoms with Crippen LogP contribution in [0.1, 0.15) is 5.56 Å². The lowest BCUT2D eigenvalue weighted by Crippen LogP contribution is -2.08. The first kappa shape index (κ1) is 22.6. The van der Waals surface area contributed by atoms with Crippen molar-refractivity contribution in [2.24, 2.45) is 4.99 Å². The first-order valence-electron chi connectivity index (χ1n) is 10.9. The lowest BCUT2D eigenvalue weighted by Gasteiger charge is -2.12. The highest BCUT2D eigenvalue weighted by Gasteiger charge is 2.23. The Morgan fingerprint density at radius 3 is 2.15 bits per heavy atom. The minimum atomic E-state index is 0.382. The van der Waals surface area contributed by atoms with Crippen molar-refractivity contribution in [1.29, 1.82) is 0 Å². The lowest BCUT2D eigenvalue weighted by molar-refractivity contribution is 0.414. The second kappa shape index (κ2) is 10.4. The van der Waals surface area contributed by atoms with Gasteiger partial charge in [-0.3, -0.25) is 9.56 Å². The summed E-state index contributed by atoms with van der Waals surface area (Å²) in [7, 11) is 3.35. The van der Waals surface area contributed by atoms with Crippen molar-refractivity contribution in [3.63, 3.8) is 0 Å². The number of aromatic nitrogens is 3. The molecule has 172 valence electrons. The second-order valence-corrected chi connectivity index (χ2v) is 9.91. The summed E-state index contributed by atoms with van der Waals surface area (Å²) in [6.07, 6.45) is 0. The van der Waals surface area contributed by atoms with E-state index >= 15 is 0 Å². The number of rotatable bonds is 8. The molecule has 2 heterocycles. The number of hydrogen-bond acceptors (Lipinski definition) is 7. The van der Waals surface area contributed by atoms with E-state index in [1.165, 1.54) is 0 Å². The Bertz CT molecular complexity index is 1270. The predicted octanol–water partition coefficient (Wildman–Crippen LogP) is 5.61. The van der Waals surface area contributed by atoms with E-state index in [0.717, 1.165) is 56.6 Å². The zero-order chi connectivity index (χ0) is 23.3. The Labute approximate surface area is 207 Å². The first-order valence-corrected chi connectivity index (χ1v) is 12.8. The van der Waals surface area contributed by atoms with E-state index in [9.17, 15) is 0 Å². The van der Waals surface area contributed by atoms with E-state index in [0.29, 0.717) is 5.25 Å². The van der Waals surface area contributed by atoms with Crippen LogP contribution in [0.25, 0.3) is 17.1 Å². The Hall–Kier alpha value is -3.23. The molecule has 1 aromatic heterocycles. The molecule has 4 aromatic rings. The maximum atomic E-state index is 5.31. The van der Waals surface area contributed by atoms with Crippen LogP contribution in [0.5, 0.6) is 11.5 Å². The van der Waals surface area contributed by atoms with E-state index in [1.54, 1.807) is 26.0 Å². The minimum absolute atomic E-state index is 0.382. The summed E-state index contributed by atoms with van der Waals surface area (Å²) >= 11 is 3.54. The van der Waals surface area contributed by atoms with Crippen LogP contribution < -0.4 is 9.47 Å². The molecular weight excluding hydrogens is 464 g/mol. The maximum Gasteiger partial charge on any atom is 0.196 e. The number of ether oxygens (including phenoxy) is 2. The van der Waals surface area contributed by atoms with Crippen LogP contribution in [0, 0.1) is 0 Å². The van der Waals surface area contributed by atoms with E-state index in [1.807, 2.05) is 66.4 Å². The van der Waals surface area contributed by atoms with Crippen LogP contribution in [-0.2, 0) is 0 Å². The van der Waals surface area contributed by atoms with Crippen LogP contribution in [0.4, 0.5) is 0 Å². The second-order valence-electron chi connectivity index (χ2n) is 7.63. The fourth-order valence-electron chi connectivity index (χ4n) is 3.66. The molecule has 1 atom stereocenters. The molecule has 0 saturated heterocycles. The SMILES string of the molecule is COc1ccc(C2=NC[C@@H](CSc3nnc(-c4ccc(OC)cc4)n3-c3ccccc3)S2)cc1. The van der Waals surface area contributed by atoms with Crippen molar-refractivity contribution in [2.45, 2.75) is 10.4 Å². The zero-order valence-corrected chi connectivity index (χ0v) is 20.6. The molecule has 34 heavy (non-hydrogen) atoms. The van der Waals surface area contributed by atoms with Gasteiger partial charge in [0.1, 0.15) is 11.5 Å². The molecule has 8 heteroatoms. The van der Waals surface area contributed by atoms with Gasteiger partial charge in [-0.2, -0.15) is 0 Å². The summed E-state index contributed by atoms with van der Waals surface area (Å²) in [4.78, 5) is 4.78. The van der Waals surface area contributed by atoms with E-state index in [4.69, 9.17) is 14.5 Å². The molecule has 0 N–H and O–H groups in total. The molecule has 0 spiro atoms. The van der Waals surface area contributed by atoms with Crippen LogP contribution >= 0.6 is 23.5 Å². The van der Waals surface area contributed by atoms with Crippen molar-refractivity contribution < 1.29 is 9.47 Å². The number of para-hydroxylation sites is 1. The molecule has 0 fully saturated rings. The average Bonchev–Trinajstić information content (AvgIpc) is 3.55. The Balaban J connectivity index is 1.33.